The van der Waals surface area contributed by atoms with Crippen LogP contribution < -0.4 is 10.1 Å². The van der Waals surface area contributed by atoms with Gasteiger partial charge in [0.15, 0.2) is 0 Å². The van der Waals surface area contributed by atoms with Gasteiger partial charge >= 0.3 is 0 Å². The molecule has 0 heterocycles. The molecule has 0 atom stereocenters. The fourth-order valence-electron chi connectivity index (χ4n) is 2.32. The summed E-state index contributed by atoms with van der Waals surface area (Å²) < 4.78 is 6.81. The van der Waals surface area contributed by atoms with E-state index in [4.69, 9.17) is 16.3 Å². The molecular formula is C20H17BrClNO. The van der Waals surface area contributed by atoms with Crippen LogP contribution in [0.3, 0.4) is 0 Å². The monoisotopic (exact) mass is 401 g/mol. The Morgan fingerprint density at radius 3 is 2.46 bits per heavy atom. The van der Waals surface area contributed by atoms with Crippen LogP contribution in [-0.2, 0) is 13.2 Å². The summed E-state index contributed by atoms with van der Waals surface area (Å²) in [6, 6.07) is 24.0. The zero-order valence-electron chi connectivity index (χ0n) is 13.0. The molecule has 0 aliphatic carbocycles. The number of hydrogen-bond donors (Lipinski definition) is 1. The molecule has 0 bridgehead atoms. The molecule has 24 heavy (non-hydrogen) atoms. The molecule has 3 rings (SSSR count). The summed E-state index contributed by atoms with van der Waals surface area (Å²) in [5, 5.41) is 4.12. The van der Waals surface area contributed by atoms with Crippen molar-refractivity contribution in [3.8, 4) is 5.75 Å². The molecule has 0 amide bonds. The van der Waals surface area contributed by atoms with Crippen LogP contribution in [0.25, 0.3) is 0 Å². The lowest BCUT2D eigenvalue weighted by atomic mass is 10.2. The highest BCUT2D eigenvalue weighted by atomic mass is 79.9. The van der Waals surface area contributed by atoms with Crippen LogP contribution in [0.1, 0.15) is 11.1 Å². The van der Waals surface area contributed by atoms with Crippen LogP contribution >= 0.6 is 27.5 Å². The predicted molar refractivity (Wildman–Crippen MR) is 104 cm³/mol. The van der Waals surface area contributed by atoms with Gasteiger partial charge < -0.3 is 10.1 Å². The SMILES string of the molecule is Clc1cccc(COc2ccc(CNc3ccccc3)cc2Br)c1. The van der Waals surface area contributed by atoms with Gasteiger partial charge in [-0.2, -0.15) is 0 Å². The number of halogens is 2. The van der Waals surface area contributed by atoms with Crippen molar-refractivity contribution in [1.82, 2.24) is 0 Å². The Hall–Kier alpha value is -1.97. The molecule has 0 spiro atoms. The summed E-state index contributed by atoms with van der Waals surface area (Å²) in [4.78, 5) is 0. The van der Waals surface area contributed by atoms with Crippen molar-refractivity contribution in [1.29, 1.82) is 0 Å². The van der Waals surface area contributed by atoms with Gasteiger partial charge in [-0.15, -0.1) is 0 Å². The van der Waals surface area contributed by atoms with Crippen LogP contribution in [0.15, 0.2) is 77.3 Å². The van der Waals surface area contributed by atoms with Gasteiger partial charge in [-0.25, -0.2) is 0 Å². The Morgan fingerprint density at radius 1 is 0.875 bits per heavy atom. The molecule has 0 fully saturated rings. The normalized spacial score (nSPS) is 10.4. The highest BCUT2D eigenvalue weighted by molar-refractivity contribution is 9.10. The molecule has 0 aliphatic heterocycles. The number of nitrogens with one attached hydrogen (secondary N) is 1. The minimum Gasteiger partial charge on any atom is -0.488 e. The highest BCUT2D eigenvalue weighted by Crippen LogP contribution is 2.27. The average Bonchev–Trinajstić information content (AvgIpc) is 2.60. The summed E-state index contributed by atoms with van der Waals surface area (Å²) in [6.07, 6.45) is 0. The minimum absolute atomic E-state index is 0.487. The number of anilines is 1. The first-order chi connectivity index (χ1) is 11.7. The largest absolute Gasteiger partial charge is 0.488 e. The third-order valence-corrected chi connectivity index (χ3v) is 4.40. The summed E-state index contributed by atoms with van der Waals surface area (Å²) >= 11 is 9.57. The van der Waals surface area contributed by atoms with E-state index < -0.39 is 0 Å². The van der Waals surface area contributed by atoms with E-state index in [9.17, 15) is 0 Å². The fourth-order valence-corrected chi connectivity index (χ4v) is 3.07. The van der Waals surface area contributed by atoms with Crippen molar-refractivity contribution in [2.24, 2.45) is 0 Å². The van der Waals surface area contributed by atoms with Crippen LogP contribution in [0, 0.1) is 0 Å². The standard InChI is InChI=1S/C20H17BrClNO/c21-19-12-15(13-23-18-7-2-1-3-8-18)9-10-20(19)24-14-16-5-4-6-17(22)11-16/h1-12,23H,13-14H2. The van der Waals surface area contributed by atoms with Gasteiger partial charge in [0.2, 0.25) is 0 Å². The maximum absolute atomic E-state index is 5.99. The van der Waals surface area contributed by atoms with Gasteiger partial charge in [-0.3, -0.25) is 0 Å². The Morgan fingerprint density at radius 2 is 1.71 bits per heavy atom. The van der Waals surface area contributed by atoms with E-state index in [1.807, 2.05) is 48.5 Å². The van der Waals surface area contributed by atoms with E-state index >= 15 is 0 Å². The molecular weight excluding hydrogens is 386 g/mol. The zero-order valence-corrected chi connectivity index (χ0v) is 15.3. The second kappa shape index (κ2) is 8.22. The fraction of sp³-hybridized carbons (Fsp3) is 0.100. The molecule has 0 radical (unpaired) electrons. The van der Waals surface area contributed by atoms with E-state index in [1.165, 1.54) is 5.56 Å². The molecule has 122 valence electrons. The van der Waals surface area contributed by atoms with Crippen LogP contribution in [-0.4, -0.2) is 0 Å². The first-order valence-corrected chi connectivity index (χ1v) is 8.82. The minimum atomic E-state index is 0.487. The van der Waals surface area contributed by atoms with E-state index in [0.29, 0.717) is 6.61 Å². The lowest BCUT2D eigenvalue weighted by Gasteiger charge is -2.11. The average molecular weight is 403 g/mol. The Bertz CT molecular complexity index is 808. The molecule has 3 aromatic rings. The molecule has 4 heteroatoms. The summed E-state index contributed by atoms with van der Waals surface area (Å²) in [5.74, 6) is 0.818. The number of hydrogen-bond acceptors (Lipinski definition) is 2. The molecule has 0 saturated heterocycles. The topological polar surface area (TPSA) is 21.3 Å². The zero-order chi connectivity index (χ0) is 16.8. The lowest BCUT2D eigenvalue weighted by molar-refractivity contribution is 0.304. The Labute approximate surface area is 155 Å². The number of rotatable bonds is 6. The first-order valence-electron chi connectivity index (χ1n) is 7.65. The van der Waals surface area contributed by atoms with Gasteiger partial charge in [0.25, 0.3) is 0 Å². The highest BCUT2D eigenvalue weighted by Gasteiger charge is 2.04. The maximum Gasteiger partial charge on any atom is 0.134 e. The third-order valence-electron chi connectivity index (χ3n) is 3.55. The third kappa shape index (κ3) is 4.76. The van der Waals surface area contributed by atoms with Gasteiger partial charge in [-0.05, 0) is 63.5 Å². The van der Waals surface area contributed by atoms with Crippen LogP contribution in [0.5, 0.6) is 5.75 Å². The number of ether oxygens (including phenoxy) is 1. The molecule has 3 aromatic carbocycles. The van der Waals surface area contributed by atoms with Gasteiger partial charge in [0, 0.05) is 17.3 Å². The van der Waals surface area contributed by atoms with Crippen molar-refractivity contribution in [2.75, 3.05) is 5.32 Å². The molecule has 0 aliphatic rings. The number of benzene rings is 3. The van der Waals surface area contributed by atoms with Gasteiger partial charge in [0.1, 0.15) is 12.4 Å². The predicted octanol–water partition coefficient (Wildman–Crippen LogP) is 6.29. The van der Waals surface area contributed by atoms with E-state index in [1.54, 1.807) is 0 Å². The van der Waals surface area contributed by atoms with E-state index in [2.05, 4.69) is 45.5 Å². The van der Waals surface area contributed by atoms with Crippen molar-refractivity contribution >= 4 is 33.2 Å². The second-order valence-electron chi connectivity index (χ2n) is 5.40. The Balaban J connectivity index is 1.60. The summed E-state index contributed by atoms with van der Waals surface area (Å²) in [5.41, 5.74) is 3.33. The van der Waals surface area contributed by atoms with Crippen LogP contribution in [0.4, 0.5) is 5.69 Å². The molecule has 0 saturated carbocycles. The van der Waals surface area contributed by atoms with Gasteiger partial charge in [-0.1, -0.05) is 48.0 Å². The van der Waals surface area contributed by atoms with Crippen LogP contribution in [0.2, 0.25) is 5.02 Å². The summed E-state index contributed by atoms with van der Waals surface area (Å²) in [6.45, 7) is 1.25. The Kier molecular flexibility index (Phi) is 5.78. The smallest absolute Gasteiger partial charge is 0.134 e. The van der Waals surface area contributed by atoms with E-state index in [-0.39, 0.29) is 0 Å². The lowest BCUT2D eigenvalue weighted by Crippen LogP contribution is -2.00. The van der Waals surface area contributed by atoms with Gasteiger partial charge in [0.05, 0.1) is 4.47 Å². The molecule has 1 N–H and O–H groups in total. The van der Waals surface area contributed by atoms with E-state index in [0.717, 1.165) is 33.0 Å². The first kappa shape index (κ1) is 16.9. The quantitative estimate of drug-likeness (QED) is 0.523. The molecule has 0 unspecified atom stereocenters. The second-order valence-corrected chi connectivity index (χ2v) is 6.69. The van der Waals surface area contributed by atoms with Crippen molar-refractivity contribution in [3.63, 3.8) is 0 Å². The molecule has 2 nitrogen and oxygen atoms in total. The number of para-hydroxylation sites is 1. The van der Waals surface area contributed by atoms with Crippen molar-refractivity contribution < 1.29 is 4.74 Å². The van der Waals surface area contributed by atoms with Crippen molar-refractivity contribution in [3.05, 3.63) is 93.4 Å². The van der Waals surface area contributed by atoms with Crippen molar-refractivity contribution in [2.45, 2.75) is 13.2 Å². The summed E-state index contributed by atoms with van der Waals surface area (Å²) in [7, 11) is 0. The molecule has 0 aromatic heterocycles. The maximum atomic E-state index is 5.99.